The van der Waals surface area contributed by atoms with Crippen LogP contribution in [0, 0.1) is 0 Å². The Hall–Kier alpha value is -2.50. The highest BCUT2D eigenvalue weighted by Gasteiger charge is 2.21. The first kappa shape index (κ1) is 30.7. The lowest BCUT2D eigenvalue weighted by molar-refractivity contribution is -0.132. The highest BCUT2D eigenvalue weighted by atomic mass is 16.6. The van der Waals surface area contributed by atoms with Crippen molar-refractivity contribution in [3.63, 3.8) is 0 Å². The van der Waals surface area contributed by atoms with Crippen molar-refractivity contribution in [1.29, 1.82) is 0 Å². The molecule has 0 saturated heterocycles. The molecule has 2 rings (SSSR count). The molecule has 0 bridgehead atoms. The Balaban J connectivity index is 1.98. The smallest absolute Gasteiger partial charge is 0.383 e. The van der Waals surface area contributed by atoms with Gasteiger partial charge in [-0.2, -0.15) is 0 Å². The molecule has 0 amide bonds. The maximum Gasteiger partial charge on any atom is 0.383 e. The summed E-state index contributed by atoms with van der Waals surface area (Å²) in [5.74, 6) is -0.0313. The standard InChI is InChI=1S/C31H48O6/c1-4-6-8-10-12-14-16-18-23-34-27-22-20-21-26-28(27)37-31(33)30(36-25(3)32)29(26)35-24-19-17-15-13-11-9-7-5-2/h20-22H,4-19,23-24H2,1-3H3. The van der Waals surface area contributed by atoms with E-state index >= 15 is 0 Å². The Morgan fingerprint density at radius 1 is 0.703 bits per heavy atom. The number of rotatable bonds is 21. The minimum atomic E-state index is -0.739. The van der Waals surface area contributed by atoms with Gasteiger partial charge < -0.3 is 18.6 Å². The summed E-state index contributed by atoms with van der Waals surface area (Å²) in [6.07, 6.45) is 19.2. The summed E-state index contributed by atoms with van der Waals surface area (Å²) < 4.78 is 22.8. The quantitative estimate of drug-likeness (QED) is 0.0938. The van der Waals surface area contributed by atoms with Crippen molar-refractivity contribution in [3.05, 3.63) is 28.6 Å². The zero-order chi connectivity index (χ0) is 26.7. The number of benzene rings is 1. The number of esters is 1. The SMILES string of the molecule is CCCCCCCCCCOc1c(OC(C)=O)c(=O)oc2c(OCCCCCCCCCC)cccc12. The van der Waals surface area contributed by atoms with Crippen molar-refractivity contribution >= 4 is 16.9 Å². The van der Waals surface area contributed by atoms with E-state index in [4.69, 9.17) is 18.6 Å². The van der Waals surface area contributed by atoms with Gasteiger partial charge in [-0.3, -0.25) is 4.79 Å². The Labute approximate surface area is 223 Å². The number of para-hydroxylation sites is 1. The van der Waals surface area contributed by atoms with Crippen LogP contribution in [-0.2, 0) is 4.79 Å². The molecule has 0 N–H and O–H groups in total. The second-order valence-electron chi connectivity index (χ2n) is 9.92. The fourth-order valence-electron chi connectivity index (χ4n) is 4.47. The van der Waals surface area contributed by atoms with Gasteiger partial charge in [-0.15, -0.1) is 0 Å². The maximum absolute atomic E-state index is 12.7. The molecule has 0 unspecified atom stereocenters. The van der Waals surface area contributed by atoms with Crippen LogP contribution in [0.3, 0.4) is 0 Å². The van der Waals surface area contributed by atoms with Crippen LogP contribution >= 0.6 is 0 Å². The fourth-order valence-corrected chi connectivity index (χ4v) is 4.47. The first-order chi connectivity index (χ1) is 18.1. The second kappa shape index (κ2) is 18.7. The van der Waals surface area contributed by atoms with Crippen LogP contribution in [0.5, 0.6) is 17.2 Å². The molecule has 0 atom stereocenters. The normalized spacial score (nSPS) is 11.1. The number of carbonyl (C=O) groups excluding carboxylic acids is 1. The van der Waals surface area contributed by atoms with Crippen LogP contribution < -0.4 is 19.8 Å². The van der Waals surface area contributed by atoms with E-state index in [0.717, 1.165) is 32.1 Å². The number of hydrogen-bond acceptors (Lipinski definition) is 6. The van der Waals surface area contributed by atoms with Crippen LogP contribution in [0.2, 0.25) is 0 Å². The Kier molecular flexibility index (Phi) is 15.5. The van der Waals surface area contributed by atoms with E-state index in [9.17, 15) is 9.59 Å². The predicted octanol–water partition coefficient (Wildman–Crippen LogP) is 8.76. The van der Waals surface area contributed by atoms with Gasteiger partial charge in [0.1, 0.15) is 0 Å². The number of unbranched alkanes of at least 4 members (excludes halogenated alkanes) is 14. The topological polar surface area (TPSA) is 75.0 Å². The molecule has 1 heterocycles. The number of hydrogen-bond donors (Lipinski definition) is 0. The van der Waals surface area contributed by atoms with Gasteiger partial charge in [-0.25, -0.2) is 4.79 Å². The number of ether oxygens (including phenoxy) is 3. The minimum absolute atomic E-state index is 0.195. The first-order valence-corrected chi connectivity index (χ1v) is 14.6. The summed E-state index contributed by atoms with van der Waals surface area (Å²) in [5.41, 5.74) is -0.411. The Morgan fingerprint density at radius 3 is 1.76 bits per heavy atom. The van der Waals surface area contributed by atoms with E-state index in [1.54, 1.807) is 12.1 Å². The largest absolute Gasteiger partial charge is 0.490 e. The van der Waals surface area contributed by atoms with Crippen LogP contribution in [0.1, 0.15) is 124 Å². The van der Waals surface area contributed by atoms with E-state index in [2.05, 4.69) is 13.8 Å². The molecular formula is C31H48O6. The molecule has 1 aromatic heterocycles. The molecule has 0 radical (unpaired) electrons. The van der Waals surface area contributed by atoms with Crippen molar-refractivity contribution in [1.82, 2.24) is 0 Å². The van der Waals surface area contributed by atoms with E-state index in [1.165, 1.54) is 77.6 Å². The maximum atomic E-state index is 12.7. The van der Waals surface area contributed by atoms with Crippen molar-refractivity contribution < 1.29 is 23.4 Å². The molecule has 6 heteroatoms. The number of carbonyl (C=O) groups is 1. The van der Waals surface area contributed by atoms with E-state index < -0.39 is 11.6 Å². The predicted molar refractivity (Wildman–Crippen MR) is 150 cm³/mol. The van der Waals surface area contributed by atoms with Gasteiger partial charge >= 0.3 is 11.6 Å². The summed E-state index contributed by atoms with van der Waals surface area (Å²) in [4.78, 5) is 24.4. The van der Waals surface area contributed by atoms with Crippen LogP contribution in [0.25, 0.3) is 11.0 Å². The minimum Gasteiger partial charge on any atom is -0.490 e. The van der Waals surface area contributed by atoms with Gasteiger partial charge in [-0.05, 0) is 25.0 Å². The molecular weight excluding hydrogens is 468 g/mol. The average molecular weight is 517 g/mol. The molecule has 0 aliphatic carbocycles. The van der Waals surface area contributed by atoms with Crippen LogP contribution in [0.15, 0.2) is 27.4 Å². The Morgan fingerprint density at radius 2 is 1.22 bits per heavy atom. The highest BCUT2D eigenvalue weighted by molar-refractivity contribution is 5.90. The lowest BCUT2D eigenvalue weighted by Gasteiger charge is -2.14. The summed E-state index contributed by atoms with van der Waals surface area (Å²) in [6, 6.07) is 5.44. The van der Waals surface area contributed by atoms with E-state index in [0.29, 0.717) is 29.9 Å². The van der Waals surface area contributed by atoms with Gasteiger partial charge in [-0.1, -0.05) is 110 Å². The van der Waals surface area contributed by atoms with Gasteiger partial charge in [0.25, 0.3) is 5.75 Å². The van der Waals surface area contributed by atoms with Crippen molar-refractivity contribution in [2.45, 2.75) is 124 Å². The van der Waals surface area contributed by atoms with Crippen molar-refractivity contribution in [2.24, 2.45) is 0 Å². The van der Waals surface area contributed by atoms with Crippen LogP contribution in [0.4, 0.5) is 0 Å². The van der Waals surface area contributed by atoms with E-state index in [-0.39, 0.29) is 11.5 Å². The fraction of sp³-hybridized carbons (Fsp3) is 0.677. The van der Waals surface area contributed by atoms with Gasteiger partial charge in [0, 0.05) is 6.92 Å². The molecule has 1 aromatic carbocycles. The molecule has 2 aromatic rings. The second-order valence-corrected chi connectivity index (χ2v) is 9.92. The Bertz CT molecular complexity index is 964. The van der Waals surface area contributed by atoms with Crippen molar-refractivity contribution in [2.75, 3.05) is 13.2 Å². The monoisotopic (exact) mass is 516 g/mol. The zero-order valence-electron chi connectivity index (χ0n) is 23.4. The van der Waals surface area contributed by atoms with Gasteiger partial charge in [0.2, 0.25) is 0 Å². The van der Waals surface area contributed by atoms with Crippen LogP contribution in [-0.4, -0.2) is 19.2 Å². The zero-order valence-corrected chi connectivity index (χ0v) is 23.4. The van der Waals surface area contributed by atoms with Gasteiger partial charge in [0.15, 0.2) is 17.1 Å². The summed E-state index contributed by atoms with van der Waals surface area (Å²) in [6.45, 7) is 6.70. The molecule has 0 saturated carbocycles. The summed E-state index contributed by atoms with van der Waals surface area (Å²) in [5, 5.41) is 0.573. The molecule has 208 valence electrons. The molecule has 0 aliphatic heterocycles. The lowest BCUT2D eigenvalue weighted by atomic mass is 10.1. The molecule has 0 spiro atoms. The molecule has 0 fully saturated rings. The van der Waals surface area contributed by atoms with Crippen molar-refractivity contribution in [3.8, 4) is 17.2 Å². The average Bonchev–Trinajstić information content (AvgIpc) is 2.88. The lowest BCUT2D eigenvalue weighted by Crippen LogP contribution is -2.14. The van der Waals surface area contributed by atoms with Gasteiger partial charge in [0.05, 0.1) is 18.6 Å². The first-order valence-electron chi connectivity index (χ1n) is 14.6. The number of fused-ring (bicyclic) bond motifs is 1. The third kappa shape index (κ3) is 11.6. The summed E-state index contributed by atoms with van der Waals surface area (Å²) in [7, 11) is 0. The molecule has 37 heavy (non-hydrogen) atoms. The summed E-state index contributed by atoms with van der Waals surface area (Å²) >= 11 is 0. The van der Waals surface area contributed by atoms with E-state index in [1.807, 2.05) is 6.07 Å². The molecule has 6 nitrogen and oxygen atoms in total. The third-order valence-electron chi connectivity index (χ3n) is 6.56. The highest BCUT2D eigenvalue weighted by Crippen LogP contribution is 2.37. The molecule has 0 aliphatic rings. The third-order valence-corrected chi connectivity index (χ3v) is 6.56.